The number of benzene rings is 1. The molecule has 0 spiro atoms. The van der Waals surface area contributed by atoms with Crippen molar-refractivity contribution in [1.29, 1.82) is 0 Å². The number of anilines is 1. The minimum Gasteiger partial charge on any atom is -0.461 e. The lowest BCUT2D eigenvalue weighted by molar-refractivity contribution is -0.154. The summed E-state index contributed by atoms with van der Waals surface area (Å²) in [5.74, 6) is -0.176. The van der Waals surface area contributed by atoms with Gasteiger partial charge in [-0.25, -0.2) is 9.59 Å². The molecule has 0 aliphatic carbocycles. The van der Waals surface area contributed by atoms with E-state index < -0.39 is 23.7 Å². The van der Waals surface area contributed by atoms with E-state index in [0.29, 0.717) is 12.8 Å². The van der Waals surface area contributed by atoms with Crippen LogP contribution < -0.4 is 4.90 Å². The molecule has 1 amide bonds. The SMILES string of the molecule is CC(C)C[C@H](C(=O)OC(C)Cc1ccc(N2CCOCC2)cc1)N(C)C(=O)OC(C)(C)C. The molecule has 2 rings (SSSR count). The average Bonchev–Trinajstić information content (AvgIpc) is 2.71. The van der Waals surface area contributed by atoms with Crippen LogP contribution in [0.4, 0.5) is 10.5 Å². The first-order valence-electron chi connectivity index (χ1n) is 11.5. The molecule has 0 saturated carbocycles. The zero-order chi connectivity index (χ0) is 23.9. The topological polar surface area (TPSA) is 68.3 Å². The Balaban J connectivity index is 1.96. The zero-order valence-electron chi connectivity index (χ0n) is 20.7. The molecule has 2 atom stereocenters. The average molecular weight is 449 g/mol. The van der Waals surface area contributed by atoms with Gasteiger partial charge in [0.1, 0.15) is 17.7 Å². The van der Waals surface area contributed by atoms with Gasteiger partial charge in [0.2, 0.25) is 0 Å². The van der Waals surface area contributed by atoms with Crippen molar-refractivity contribution >= 4 is 17.7 Å². The van der Waals surface area contributed by atoms with Crippen molar-refractivity contribution in [3.8, 4) is 0 Å². The molecule has 1 heterocycles. The number of hydrogen-bond donors (Lipinski definition) is 0. The fourth-order valence-corrected chi connectivity index (χ4v) is 3.63. The Hall–Kier alpha value is -2.28. The van der Waals surface area contributed by atoms with Gasteiger partial charge in [-0.05, 0) is 57.7 Å². The molecule has 1 saturated heterocycles. The number of amides is 1. The molecule has 7 nitrogen and oxygen atoms in total. The van der Waals surface area contributed by atoms with E-state index in [4.69, 9.17) is 14.2 Å². The number of carbonyl (C=O) groups excluding carboxylic acids is 2. The summed E-state index contributed by atoms with van der Waals surface area (Å²) < 4.78 is 16.6. The second kappa shape index (κ2) is 11.5. The van der Waals surface area contributed by atoms with Gasteiger partial charge >= 0.3 is 12.1 Å². The van der Waals surface area contributed by atoms with Gasteiger partial charge in [-0.2, -0.15) is 0 Å². The second-order valence-electron chi connectivity index (χ2n) is 9.95. The van der Waals surface area contributed by atoms with Crippen molar-refractivity contribution in [2.24, 2.45) is 5.92 Å². The molecule has 180 valence electrons. The van der Waals surface area contributed by atoms with Crippen LogP contribution in [0, 0.1) is 5.92 Å². The number of nitrogens with zero attached hydrogens (tertiary/aromatic N) is 2. The van der Waals surface area contributed by atoms with Crippen LogP contribution in [0.1, 0.15) is 53.5 Å². The summed E-state index contributed by atoms with van der Waals surface area (Å²) in [6.45, 7) is 14.6. The van der Waals surface area contributed by atoms with Gasteiger partial charge in [0.15, 0.2) is 0 Å². The van der Waals surface area contributed by atoms with Crippen LogP contribution in [0.3, 0.4) is 0 Å². The lowest BCUT2D eigenvalue weighted by atomic mass is 10.0. The summed E-state index contributed by atoms with van der Waals surface area (Å²) in [6.07, 6.45) is 0.291. The van der Waals surface area contributed by atoms with Gasteiger partial charge < -0.3 is 19.1 Å². The van der Waals surface area contributed by atoms with Crippen LogP contribution in [-0.4, -0.2) is 68.1 Å². The third-order valence-corrected chi connectivity index (χ3v) is 5.27. The van der Waals surface area contributed by atoms with Crippen molar-refractivity contribution in [1.82, 2.24) is 4.90 Å². The zero-order valence-corrected chi connectivity index (χ0v) is 20.7. The number of ether oxygens (including phenoxy) is 3. The highest BCUT2D eigenvalue weighted by molar-refractivity contribution is 5.81. The van der Waals surface area contributed by atoms with E-state index in [9.17, 15) is 9.59 Å². The third kappa shape index (κ3) is 8.34. The van der Waals surface area contributed by atoms with E-state index in [1.165, 1.54) is 10.6 Å². The first-order valence-corrected chi connectivity index (χ1v) is 11.5. The molecule has 32 heavy (non-hydrogen) atoms. The van der Waals surface area contributed by atoms with Crippen molar-refractivity contribution in [2.75, 3.05) is 38.3 Å². The molecule has 0 N–H and O–H groups in total. The summed E-state index contributed by atoms with van der Waals surface area (Å²) >= 11 is 0. The van der Waals surface area contributed by atoms with Crippen molar-refractivity contribution in [3.05, 3.63) is 29.8 Å². The Kier molecular flexibility index (Phi) is 9.37. The summed E-state index contributed by atoms with van der Waals surface area (Å²) in [6, 6.07) is 7.68. The molecule has 1 unspecified atom stereocenters. The van der Waals surface area contributed by atoms with Gasteiger partial charge in [0, 0.05) is 32.2 Å². The first-order chi connectivity index (χ1) is 15.0. The van der Waals surface area contributed by atoms with E-state index in [2.05, 4.69) is 29.2 Å². The number of hydrogen-bond acceptors (Lipinski definition) is 6. The van der Waals surface area contributed by atoms with Crippen molar-refractivity contribution in [2.45, 2.75) is 72.1 Å². The number of morpholine rings is 1. The molecule has 0 aromatic heterocycles. The lowest BCUT2D eigenvalue weighted by Gasteiger charge is -2.31. The first kappa shape index (κ1) is 26.0. The molecule has 7 heteroatoms. The molecule has 1 aliphatic rings. The molecule has 1 aromatic rings. The highest BCUT2D eigenvalue weighted by Crippen LogP contribution is 2.20. The van der Waals surface area contributed by atoms with Crippen LogP contribution in [0.25, 0.3) is 0 Å². The quantitative estimate of drug-likeness (QED) is 0.553. The Labute approximate surface area is 193 Å². The highest BCUT2D eigenvalue weighted by atomic mass is 16.6. The normalized spacial score (nSPS) is 16.4. The minimum atomic E-state index is -0.684. The number of carbonyl (C=O) groups is 2. The van der Waals surface area contributed by atoms with Crippen LogP contribution in [-0.2, 0) is 25.4 Å². The molecular weight excluding hydrogens is 408 g/mol. The van der Waals surface area contributed by atoms with Crippen LogP contribution in [0.15, 0.2) is 24.3 Å². The molecule has 1 aliphatic heterocycles. The number of esters is 1. The predicted molar refractivity (Wildman–Crippen MR) is 126 cm³/mol. The predicted octanol–water partition coefficient (Wildman–Crippen LogP) is 4.28. The number of rotatable bonds is 8. The monoisotopic (exact) mass is 448 g/mol. The van der Waals surface area contributed by atoms with Gasteiger partial charge in [-0.15, -0.1) is 0 Å². The molecular formula is C25H40N2O5. The highest BCUT2D eigenvalue weighted by Gasteiger charge is 2.32. The largest absolute Gasteiger partial charge is 0.461 e. The maximum absolute atomic E-state index is 13.0. The Morgan fingerprint density at radius 2 is 1.69 bits per heavy atom. The maximum Gasteiger partial charge on any atom is 0.410 e. The summed E-state index contributed by atoms with van der Waals surface area (Å²) in [5, 5.41) is 0. The van der Waals surface area contributed by atoms with E-state index in [1.807, 2.05) is 20.8 Å². The second-order valence-corrected chi connectivity index (χ2v) is 9.95. The smallest absolute Gasteiger partial charge is 0.410 e. The van der Waals surface area contributed by atoms with Gasteiger partial charge in [-0.3, -0.25) is 4.90 Å². The van der Waals surface area contributed by atoms with Crippen LogP contribution >= 0.6 is 0 Å². The van der Waals surface area contributed by atoms with Crippen LogP contribution in [0.5, 0.6) is 0 Å². The van der Waals surface area contributed by atoms with Crippen molar-refractivity contribution in [3.63, 3.8) is 0 Å². The maximum atomic E-state index is 13.0. The van der Waals surface area contributed by atoms with E-state index in [-0.39, 0.29) is 12.0 Å². The van der Waals surface area contributed by atoms with E-state index >= 15 is 0 Å². The fraction of sp³-hybridized carbons (Fsp3) is 0.680. The minimum absolute atomic E-state index is 0.223. The van der Waals surface area contributed by atoms with Crippen molar-refractivity contribution < 1.29 is 23.8 Å². The van der Waals surface area contributed by atoms with E-state index in [0.717, 1.165) is 31.9 Å². The fourth-order valence-electron chi connectivity index (χ4n) is 3.63. The summed E-state index contributed by atoms with van der Waals surface area (Å²) in [4.78, 5) is 29.1. The molecule has 0 radical (unpaired) electrons. The van der Waals surface area contributed by atoms with Gasteiger partial charge in [-0.1, -0.05) is 26.0 Å². The van der Waals surface area contributed by atoms with Gasteiger partial charge in [0.25, 0.3) is 0 Å². The Morgan fingerprint density at radius 3 is 2.22 bits per heavy atom. The number of likely N-dealkylation sites (N-methyl/N-ethyl adjacent to an activating group) is 1. The Bertz CT molecular complexity index is 736. The standard InChI is InChI=1S/C25H40N2O5/c1-18(2)16-22(26(7)24(29)32-25(4,5)6)23(28)31-19(3)17-20-8-10-21(11-9-20)27-12-14-30-15-13-27/h8-11,18-19,22H,12-17H2,1-7H3/t19?,22-/m1/s1. The molecule has 1 aromatic carbocycles. The molecule has 0 bridgehead atoms. The summed E-state index contributed by atoms with van der Waals surface area (Å²) in [7, 11) is 1.59. The lowest BCUT2D eigenvalue weighted by Crippen LogP contribution is -2.46. The third-order valence-electron chi connectivity index (χ3n) is 5.27. The molecule has 1 fully saturated rings. The van der Waals surface area contributed by atoms with E-state index in [1.54, 1.807) is 27.8 Å². The van der Waals surface area contributed by atoms with Gasteiger partial charge in [0.05, 0.1) is 13.2 Å². The van der Waals surface area contributed by atoms with Crippen LogP contribution in [0.2, 0.25) is 0 Å². The Morgan fingerprint density at radius 1 is 1.09 bits per heavy atom. The summed E-state index contributed by atoms with van der Waals surface area (Å²) in [5.41, 5.74) is 1.65.